The highest BCUT2D eigenvalue weighted by Crippen LogP contribution is 2.24. The fourth-order valence-corrected chi connectivity index (χ4v) is 6.88. The average molecular weight is 449 g/mol. The molecule has 0 spiro atoms. The summed E-state index contributed by atoms with van der Waals surface area (Å²) in [5.74, 6) is 0. The van der Waals surface area contributed by atoms with Crippen LogP contribution in [0.1, 0.15) is 130 Å². The predicted octanol–water partition coefficient (Wildman–Crippen LogP) is 5.66. The molecular weight excluding hydrogens is 392 g/mol. The maximum atomic E-state index is 4.22. The molecule has 0 aromatic carbocycles. The van der Waals surface area contributed by atoms with Gasteiger partial charge in [-0.05, 0) is 65.7 Å². The largest absolute Gasteiger partial charge is 0.310 e. The minimum atomic E-state index is 0.578. The van der Waals surface area contributed by atoms with E-state index in [1.165, 1.54) is 103 Å². The van der Waals surface area contributed by atoms with Gasteiger partial charge in [-0.1, -0.05) is 64.7 Å². The fraction of sp³-hybridized carbons (Fsp3) is 1.00. The fourth-order valence-electron chi connectivity index (χ4n) is 6.88. The molecule has 8 atom stereocenters. The molecule has 3 fully saturated rings. The number of rotatable bonds is 6. The summed E-state index contributed by atoms with van der Waals surface area (Å²) in [5.41, 5.74) is 0. The highest BCUT2D eigenvalue weighted by molar-refractivity contribution is 4.94. The van der Waals surface area contributed by atoms with Crippen LogP contribution in [-0.2, 0) is 0 Å². The van der Waals surface area contributed by atoms with Crippen molar-refractivity contribution in [2.45, 2.75) is 179 Å². The molecule has 188 valence electrons. The zero-order valence-corrected chi connectivity index (χ0v) is 21.9. The van der Waals surface area contributed by atoms with Crippen molar-refractivity contribution in [3.8, 4) is 0 Å². The molecule has 0 aromatic rings. The first-order valence-corrected chi connectivity index (χ1v) is 14.6. The van der Waals surface area contributed by atoms with Crippen LogP contribution >= 0.6 is 0 Å². The van der Waals surface area contributed by atoms with Crippen LogP contribution in [0.2, 0.25) is 0 Å². The quantitative estimate of drug-likeness (QED) is 0.396. The van der Waals surface area contributed by atoms with E-state index in [0.29, 0.717) is 48.3 Å². The second-order valence-electron chi connectivity index (χ2n) is 11.7. The lowest BCUT2D eigenvalue weighted by Gasteiger charge is -2.41. The Hall–Kier alpha value is -0.160. The first kappa shape index (κ1) is 26.4. The normalized spacial score (nSPS) is 40.1. The van der Waals surface area contributed by atoms with Crippen LogP contribution in [0.3, 0.4) is 0 Å². The first-order chi connectivity index (χ1) is 15.5. The van der Waals surface area contributed by atoms with Crippen LogP contribution in [0.4, 0.5) is 0 Å². The molecule has 2 saturated carbocycles. The van der Waals surface area contributed by atoms with Gasteiger partial charge >= 0.3 is 0 Å². The zero-order valence-electron chi connectivity index (χ0n) is 21.9. The molecule has 1 saturated heterocycles. The van der Waals surface area contributed by atoms with Gasteiger partial charge in [0.2, 0.25) is 0 Å². The van der Waals surface area contributed by atoms with E-state index in [0.717, 1.165) is 0 Å². The van der Waals surface area contributed by atoms with Gasteiger partial charge in [0.05, 0.1) is 0 Å². The Labute approximate surface area is 200 Å². The van der Waals surface area contributed by atoms with E-state index in [4.69, 9.17) is 0 Å². The molecule has 0 unspecified atom stereocenters. The van der Waals surface area contributed by atoms with E-state index in [-0.39, 0.29) is 0 Å². The maximum Gasteiger partial charge on any atom is 0.0223 e. The van der Waals surface area contributed by atoms with E-state index in [9.17, 15) is 0 Å². The van der Waals surface area contributed by atoms with Gasteiger partial charge in [0.15, 0.2) is 0 Å². The van der Waals surface area contributed by atoms with Crippen molar-refractivity contribution in [2.75, 3.05) is 0 Å². The van der Waals surface area contributed by atoms with Crippen molar-refractivity contribution in [3.05, 3.63) is 0 Å². The molecule has 4 heteroatoms. The molecule has 1 heterocycles. The lowest BCUT2D eigenvalue weighted by molar-refractivity contribution is 0.200. The van der Waals surface area contributed by atoms with Crippen molar-refractivity contribution in [3.63, 3.8) is 0 Å². The van der Waals surface area contributed by atoms with E-state index < -0.39 is 0 Å². The van der Waals surface area contributed by atoms with Crippen LogP contribution in [0.15, 0.2) is 0 Å². The Morgan fingerprint density at radius 1 is 0.531 bits per heavy atom. The van der Waals surface area contributed by atoms with Gasteiger partial charge in [-0.25, -0.2) is 0 Å². The molecule has 0 bridgehead atoms. The molecule has 32 heavy (non-hydrogen) atoms. The lowest BCUT2D eigenvalue weighted by Crippen LogP contribution is -2.59. The summed E-state index contributed by atoms with van der Waals surface area (Å²) in [7, 11) is 0. The molecule has 0 amide bonds. The first-order valence-electron chi connectivity index (χ1n) is 14.6. The molecule has 4 N–H and O–H groups in total. The van der Waals surface area contributed by atoms with Gasteiger partial charge in [0.25, 0.3) is 0 Å². The Morgan fingerprint density at radius 2 is 0.969 bits per heavy atom. The summed E-state index contributed by atoms with van der Waals surface area (Å²) in [4.78, 5) is 0. The van der Waals surface area contributed by atoms with Gasteiger partial charge in [-0.15, -0.1) is 0 Å². The molecule has 1 aliphatic heterocycles. The van der Waals surface area contributed by atoms with E-state index in [2.05, 4.69) is 49.0 Å². The smallest absolute Gasteiger partial charge is 0.0223 e. The van der Waals surface area contributed by atoms with Crippen LogP contribution in [-0.4, -0.2) is 48.3 Å². The summed E-state index contributed by atoms with van der Waals surface area (Å²) < 4.78 is 0. The number of unbranched alkanes of at least 4 members (excludes halogenated alkanes) is 4. The van der Waals surface area contributed by atoms with Crippen LogP contribution in [0, 0.1) is 0 Å². The third kappa shape index (κ3) is 8.89. The number of hydrogen-bond acceptors (Lipinski definition) is 4. The summed E-state index contributed by atoms with van der Waals surface area (Å²) >= 11 is 0. The molecule has 4 nitrogen and oxygen atoms in total. The third-order valence-electron chi connectivity index (χ3n) is 8.48. The van der Waals surface area contributed by atoms with Crippen molar-refractivity contribution < 1.29 is 0 Å². The van der Waals surface area contributed by atoms with Crippen molar-refractivity contribution >= 4 is 0 Å². The molecule has 3 rings (SSSR count). The highest BCUT2D eigenvalue weighted by Gasteiger charge is 2.32. The summed E-state index contributed by atoms with van der Waals surface area (Å²) in [6.07, 6.45) is 21.7. The number of fused-ring (bicyclic) bond motifs is 2. The molecule has 2 aliphatic carbocycles. The standard InChI is InChI=1S/C28H56N4/c1-5-6-7-8-9-14-24-20-23(4)31-26-16-11-10-15-25(26)29-21(2)19-22(3)30-27-17-12-13-18-28(27)32-24/h21-32H,5-20H2,1-4H3/t21-,22+,23+,24-,25+,26-,27-,28+/m0/s1. The second kappa shape index (κ2) is 14.3. The van der Waals surface area contributed by atoms with Crippen molar-refractivity contribution in [1.82, 2.24) is 21.3 Å². The number of nitrogens with one attached hydrogen (secondary N) is 4. The third-order valence-corrected chi connectivity index (χ3v) is 8.48. The van der Waals surface area contributed by atoms with Crippen molar-refractivity contribution in [1.29, 1.82) is 0 Å². The van der Waals surface area contributed by atoms with Crippen LogP contribution in [0.5, 0.6) is 0 Å². The van der Waals surface area contributed by atoms with Gasteiger partial charge in [0.1, 0.15) is 0 Å². The zero-order chi connectivity index (χ0) is 22.8. The van der Waals surface area contributed by atoms with E-state index in [1.807, 2.05) is 0 Å². The van der Waals surface area contributed by atoms with Gasteiger partial charge in [-0.2, -0.15) is 0 Å². The van der Waals surface area contributed by atoms with Gasteiger partial charge in [0, 0.05) is 48.3 Å². The Bertz CT molecular complexity index is 498. The molecule has 0 aromatic heterocycles. The predicted molar refractivity (Wildman–Crippen MR) is 139 cm³/mol. The SMILES string of the molecule is CCCCCCC[C@H]1C[C@@H](C)N[C@H]2CCCC[C@H]2N[C@@H](C)C[C@@H](C)N[C@H]2CCCC[C@H]2N1. The molecular formula is C28H56N4. The minimum absolute atomic E-state index is 0.578. The monoisotopic (exact) mass is 448 g/mol. The maximum absolute atomic E-state index is 4.22. The van der Waals surface area contributed by atoms with E-state index in [1.54, 1.807) is 0 Å². The second-order valence-corrected chi connectivity index (χ2v) is 11.7. The van der Waals surface area contributed by atoms with Crippen LogP contribution in [0.25, 0.3) is 0 Å². The Balaban J connectivity index is 1.68. The van der Waals surface area contributed by atoms with Gasteiger partial charge < -0.3 is 21.3 Å². The lowest BCUT2D eigenvalue weighted by atomic mass is 9.86. The molecule has 0 radical (unpaired) electrons. The summed E-state index contributed by atoms with van der Waals surface area (Å²) in [6, 6.07) is 4.96. The van der Waals surface area contributed by atoms with E-state index >= 15 is 0 Å². The highest BCUT2D eigenvalue weighted by atomic mass is 15.1. The summed E-state index contributed by atoms with van der Waals surface area (Å²) in [6.45, 7) is 9.59. The molecule has 3 aliphatic rings. The average Bonchev–Trinajstić information content (AvgIpc) is 2.75. The Morgan fingerprint density at radius 3 is 1.47 bits per heavy atom. The van der Waals surface area contributed by atoms with Crippen molar-refractivity contribution in [2.24, 2.45) is 0 Å². The minimum Gasteiger partial charge on any atom is -0.310 e. The summed E-state index contributed by atoms with van der Waals surface area (Å²) in [5, 5.41) is 16.4. The number of hydrogen-bond donors (Lipinski definition) is 4. The van der Waals surface area contributed by atoms with Crippen LogP contribution < -0.4 is 21.3 Å². The Kier molecular flexibility index (Phi) is 11.8. The topological polar surface area (TPSA) is 48.1 Å². The van der Waals surface area contributed by atoms with Gasteiger partial charge in [-0.3, -0.25) is 0 Å².